The molecule has 3 rings (SSSR count). The first kappa shape index (κ1) is 15.2. The number of nitrogens with zero attached hydrogens (tertiary/aromatic N) is 2. The highest BCUT2D eigenvalue weighted by Gasteiger charge is 2.26. The third-order valence-electron chi connectivity index (χ3n) is 4.33. The molecule has 0 unspecified atom stereocenters. The van der Waals surface area contributed by atoms with E-state index >= 15 is 0 Å². The lowest BCUT2D eigenvalue weighted by molar-refractivity contribution is -0.00443. The van der Waals surface area contributed by atoms with Crippen molar-refractivity contribution in [3.63, 3.8) is 0 Å². The van der Waals surface area contributed by atoms with E-state index in [1.165, 1.54) is 5.56 Å². The van der Waals surface area contributed by atoms with Gasteiger partial charge in [-0.3, -0.25) is 9.88 Å². The summed E-state index contributed by atoms with van der Waals surface area (Å²) in [6.07, 6.45) is 2.22. The van der Waals surface area contributed by atoms with Crippen LogP contribution in [0.2, 0.25) is 0 Å². The molecule has 1 aromatic heterocycles. The summed E-state index contributed by atoms with van der Waals surface area (Å²) in [4.78, 5) is 6.63. The molecule has 2 atom stereocenters. The number of aromatic nitrogens is 1. The molecule has 0 saturated carbocycles. The van der Waals surface area contributed by atoms with Crippen LogP contribution in [0.5, 0.6) is 0 Å². The number of aliphatic hydroxyl groups excluding tert-OH is 2. The molecular weight excluding hydrogens is 276 g/mol. The van der Waals surface area contributed by atoms with Crippen LogP contribution < -0.4 is 0 Å². The summed E-state index contributed by atoms with van der Waals surface area (Å²) in [5.41, 5.74) is 3.31. The van der Waals surface area contributed by atoms with E-state index < -0.39 is 6.10 Å². The van der Waals surface area contributed by atoms with Crippen molar-refractivity contribution >= 4 is 0 Å². The van der Waals surface area contributed by atoms with Gasteiger partial charge < -0.3 is 10.2 Å². The largest absolute Gasteiger partial charge is 0.396 e. The Morgan fingerprint density at radius 1 is 1.18 bits per heavy atom. The molecule has 1 fully saturated rings. The van der Waals surface area contributed by atoms with Crippen molar-refractivity contribution in [2.45, 2.75) is 19.1 Å². The average molecular weight is 298 g/mol. The van der Waals surface area contributed by atoms with E-state index in [-0.39, 0.29) is 12.5 Å². The molecule has 0 radical (unpaired) electrons. The van der Waals surface area contributed by atoms with Crippen molar-refractivity contribution in [3.05, 3.63) is 54.2 Å². The maximum atomic E-state index is 10.0. The lowest BCUT2D eigenvalue weighted by Crippen LogP contribution is -2.44. The number of piperidine rings is 1. The fraction of sp³-hybridized carbons (Fsp3) is 0.389. The van der Waals surface area contributed by atoms with Crippen LogP contribution in [0, 0.1) is 5.92 Å². The van der Waals surface area contributed by atoms with Gasteiger partial charge in [-0.25, -0.2) is 0 Å². The Morgan fingerprint density at radius 3 is 2.82 bits per heavy atom. The molecule has 4 heteroatoms. The number of β-amino-alcohol motifs (C(OH)–C–C–N with tert-alkyl or cyclic N) is 1. The van der Waals surface area contributed by atoms with Crippen LogP contribution in [0.3, 0.4) is 0 Å². The first-order chi connectivity index (χ1) is 10.8. The first-order valence-electron chi connectivity index (χ1n) is 7.78. The molecule has 2 aromatic rings. The van der Waals surface area contributed by atoms with Gasteiger partial charge in [0.2, 0.25) is 0 Å². The number of hydrogen-bond donors (Lipinski definition) is 2. The van der Waals surface area contributed by atoms with Crippen molar-refractivity contribution in [1.82, 2.24) is 9.88 Å². The van der Waals surface area contributed by atoms with Gasteiger partial charge in [0.05, 0.1) is 11.8 Å². The maximum Gasteiger partial charge on any atom is 0.0717 e. The molecule has 1 aliphatic rings. The number of rotatable bonds is 4. The van der Waals surface area contributed by atoms with Crippen LogP contribution in [-0.2, 0) is 6.54 Å². The van der Waals surface area contributed by atoms with E-state index in [9.17, 15) is 10.2 Å². The Bertz CT molecular complexity index is 603. The number of benzene rings is 1. The van der Waals surface area contributed by atoms with E-state index in [1.807, 2.05) is 18.2 Å². The summed E-state index contributed by atoms with van der Waals surface area (Å²) in [6, 6.07) is 14.3. The van der Waals surface area contributed by atoms with Gasteiger partial charge in [-0.2, -0.15) is 0 Å². The molecule has 0 bridgehead atoms. The SMILES string of the molecule is OC[C@H]1CCN(Cc2cccc(-c3ccccn3)c2)C[C@@H]1O. The minimum atomic E-state index is -0.433. The molecular formula is C18H22N2O2. The van der Waals surface area contributed by atoms with Crippen LogP contribution in [-0.4, -0.2) is 45.9 Å². The molecule has 2 heterocycles. The zero-order valence-electron chi connectivity index (χ0n) is 12.6. The van der Waals surface area contributed by atoms with Crippen LogP contribution in [0.15, 0.2) is 48.7 Å². The van der Waals surface area contributed by atoms with E-state index in [0.29, 0.717) is 6.54 Å². The predicted molar refractivity (Wildman–Crippen MR) is 86.1 cm³/mol. The quantitative estimate of drug-likeness (QED) is 0.905. The molecule has 1 aromatic carbocycles. The molecule has 4 nitrogen and oxygen atoms in total. The van der Waals surface area contributed by atoms with Crippen LogP contribution >= 0.6 is 0 Å². The number of pyridine rings is 1. The molecule has 0 spiro atoms. The van der Waals surface area contributed by atoms with E-state index in [4.69, 9.17) is 0 Å². The van der Waals surface area contributed by atoms with Crippen molar-refractivity contribution < 1.29 is 10.2 Å². The van der Waals surface area contributed by atoms with Gasteiger partial charge >= 0.3 is 0 Å². The fourth-order valence-electron chi connectivity index (χ4n) is 3.02. The molecule has 1 saturated heterocycles. The second-order valence-electron chi connectivity index (χ2n) is 5.95. The average Bonchev–Trinajstić information content (AvgIpc) is 2.56. The molecule has 2 N–H and O–H groups in total. The molecule has 0 amide bonds. The van der Waals surface area contributed by atoms with Gasteiger partial charge in [0.25, 0.3) is 0 Å². The highest BCUT2D eigenvalue weighted by atomic mass is 16.3. The van der Waals surface area contributed by atoms with Crippen LogP contribution in [0.25, 0.3) is 11.3 Å². The summed E-state index contributed by atoms with van der Waals surface area (Å²) >= 11 is 0. The molecule has 22 heavy (non-hydrogen) atoms. The van der Waals surface area contributed by atoms with Crippen LogP contribution in [0.1, 0.15) is 12.0 Å². The topological polar surface area (TPSA) is 56.6 Å². The Labute approximate surface area is 131 Å². The third-order valence-corrected chi connectivity index (χ3v) is 4.33. The number of aliphatic hydroxyl groups is 2. The summed E-state index contributed by atoms with van der Waals surface area (Å²) < 4.78 is 0. The Hall–Kier alpha value is -1.75. The van der Waals surface area contributed by atoms with Gasteiger partial charge in [0.15, 0.2) is 0 Å². The standard InChI is InChI=1S/C18H22N2O2/c21-13-16-7-9-20(12-18(16)22)11-14-4-3-5-15(10-14)17-6-1-2-8-19-17/h1-6,8,10,16,18,21-22H,7,9,11-13H2/t16-,18+/m1/s1. The summed E-state index contributed by atoms with van der Waals surface area (Å²) in [5.74, 6) is 0.0242. The third kappa shape index (κ3) is 3.53. The molecule has 116 valence electrons. The van der Waals surface area contributed by atoms with Crippen molar-refractivity contribution in [3.8, 4) is 11.3 Å². The summed E-state index contributed by atoms with van der Waals surface area (Å²) in [5, 5.41) is 19.3. The maximum absolute atomic E-state index is 10.0. The van der Waals surface area contributed by atoms with E-state index in [1.54, 1.807) is 6.20 Å². The second kappa shape index (κ2) is 7.01. The van der Waals surface area contributed by atoms with Gasteiger partial charge in [-0.1, -0.05) is 24.3 Å². The van der Waals surface area contributed by atoms with Gasteiger partial charge in [0, 0.05) is 37.4 Å². The lowest BCUT2D eigenvalue weighted by Gasteiger charge is -2.35. The lowest BCUT2D eigenvalue weighted by atomic mass is 9.94. The van der Waals surface area contributed by atoms with Gasteiger partial charge in [-0.15, -0.1) is 0 Å². The monoisotopic (exact) mass is 298 g/mol. The van der Waals surface area contributed by atoms with Crippen LogP contribution in [0.4, 0.5) is 0 Å². The summed E-state index contributed by atoms with van der Waals surface area (Å²) in [7, 11) is 0. The Morgan fingerprint density at radius 2 is 2.09 bits per heavy atom. The number of hydrogen-bond acceptors (Lipinski definition) is 4. The zero-order chi connectivity index (χ0) is 15.4. The van der Waals surface area contributed by atoms with Crippen molar-refractivity contribution in [1.29, 1.82) is 0 Å². The van der Waals surface area contributed by atoms with Crippen molar-refractivity contribution in [2.75, 3.05) is 19.7 Å². The minimum Gasteiger partial charge on any atom is -0.396 e. The Kier molecular flexibility index (Phi) is 4.83. The second-order valence-corrected chi connectivity index (χ2v) is 5.95. The van der Waals surface area contributed by atoms with Gasteiger partial charge in [-0.05, 0) is 36.7 Å². The summed E-state index contributed by atoms with van der Waals surface area (Å²) in [6.45, 7) is 2.43. The Balaban J connectivity index is 1.69. The van der Waals surface area contributed by atoms with Crippen molar-refractivity contribution in [2.24, 2.45) is 5.92 Å². The number of likely N-dealkylation sites (tertiary alicyclic amines) is 1. The first-order valence-corrected chi connectivity index (χ1v) is 7.78. The molecule has 1 aliphatic heterocycles. The minimum absolute atomic E-state index is 0.0242. The normalized spacial score (nSPS) is 22.6. The highest BCUT2D eigenvalue weighted by Crippen LogP contribution is 2.22. The van der Waals surface area contributed by atoms with Gasteiger partial charge in [0.1, 0.15) is 0 Å². The van der Waals surface area contributed by atoms with E-state index in [2.05, 4.69) is 34.1 Å². The molecule has 0 aliphatic carbocycles. The predicted octanol–water partition coefficient (Wildman–Crippen LogP) is 1.92. The smallest absolute Gasteiger partial charge is 0.0717 e. The van der Waals surface area contributed by atoms with E-state index in [0.717, 1.165) is 30.8 Å². The zero-order valence-corrected chi connectivity index (χ0v) is 12.6. The highest BCUT2D eigenvalue weighted by molar-refractivity contribution is 5.59. The fourth-order valence-corrected chi connectivity index (χ4v) is 3.02.